The summed E-state index contributed by atoms with van der Waals surface area (Å²) in [5, 5.41) is 4.48. The predicted molar refractivity (Wildman–Crippen MR) is 101 cm³/mol. The number of fused-ring (bicyclic) bond motifs is 1. The third kappa shape index (κ3) is 3.04. The summed E-state index contributed by atoms with van der Waals surface area (Å²) in [6.07, 6.45) is 2.74. The fraction of sp³-hybridized carbons (Fsp3) is 0.0588. The van der Waals surface area contributed by atoms with E-state index in [2.05, 4.69) is 19.8 Å². The molecular formula is C17H14ClN5O2S. The number of aryl methyl sites for hydroxylation is 1. The van der Waals surface area contributed by atoms with Crippen molar-refractivity contribution < 1.29 is 8.42 Å². The molecule has 0 saturated heterocycles. The molecule has 0 bridgehead atoms. The van der Waals surface area contributed by atoms with E-state index in [-0.39, 0.29) is 4.90 Å². The van der Waals surface area contributed by atoms with Gasteiger partial charge in [0.05, 0.1) is 27.9 Å². The Kier molecular flexibility index (Phi) is 3.93. The maximum Gasteiger partial charge on any atom is 0.265 e. The number of hydrogen-bond donors (Lipinski definition) is 2. The zero-order valence-electron chi connectivity index (χ0n) is 13.6. The summed E-state index contributed by atoms with van der Waals surface area (Å²) in [6.45, 7) is 0. The molecule has 2 N–H and O–H groups in total. The second-order valence-electron chi connectivity index (χ2n) is 5.75. The molecule has 4 aromatic rings. The van der Waals surface area contributed by atoms with Crippen LogP contribution >= 0.6 is 11.6 Å². The van der Waals surface area contributed by atoms with Gasteiger partial charge >= 0.3 is 0 Å². The van der Waals surface area contributed by atoms with Crippen molar-refractivity contribution >= 4 is 38.3 Å². The lowest BCUT2D eigenvalue weighted by Crippen LogP contribution is -2.12. The van der Waals surface area contributed by atoms with Crippen LogP contribution in [-0.2, 0) is 17.1 Å². The molecule has 7 nitrogen and oxygen atoms in total. The van der Waals surface area contributed by atoms with Crippen molar-refractivity contribution in [2.75, 3.05) is 4.72 Å². The van der Waals surface area contributed by atoms with E-state index in [0.29, 0.717) is 27.6 Å². The van der Waals surface area contributed by atoms with Gasteiger partial charge < -0.3 is 4.98 Å². The predicted octanol–water partition coefficient (Wildman–Crippen LogP) is 3.42. The Balaban J connectivity index is 1.69. The van der Waals surface area contributed by atoms with E-state index in [0.717, 1.165) is 5.56 Å². The molecule has 26 heavy (non-hydrogen) atoms. The Morgan fingerprint density at radius 1 is 1.19 bits per heavy atom. The van der Waals surface area contributed by atoms with E-state index >= 15 is 0 Å². The molecule has 0 aliphatic heterocycles. The van der Waals surface area contributed by atoms with Crippen LogP contribution in [0.2, 0.25) is 5.02 Å². The summed E-state index contributed by atoms with van der Waals surface area (Å²) in [7, 11) is -2.04. The van der Waals surface area contributed by atoms with Gasteiger partial charge in [-0.1, -0.05) is 23.7 Å². The quantitative estimate of drug-likeness (QED) is 0.561. The van der Waals surface area contributed by atoms with Gasteiger partial charge in [0.25, 0.3) is 10.0 Å². The number of imidazole rings is 1. The van der Waals surface area contributed by atoms with Gasteiger partial charge in [-0.15, -0.1) is 0 Å². The average Bonchev–Trinajstić information content (AvgIpc) is 3.21. The molecular weight excluding hydrogens is 374 g/mol. The molecule has 0 spiro atoms. The number of anilines is 1. The van der Waals surface area contributed by atoms with Crippen molar-refractivity contribution in [2.24, 2.45) is 7.05 Å². The van der Waals surface area contributed by atoms with E-state index < -0.39 is 10.0 Å². The lowest BCUT2D eigenvalue weighted by Gasteiger charge is -2.05. The number of aromatic nitrogens is 4. The monoisotopic (exact) mass is 387 g/mol. The summed E-state index contributed by atoms with van der Waals surface area (Å²) in [6, 6.07) is 12.5. The van der Waals surface area contributed by atoms with Crippen molar-refractivity contribution in [1.29, 1.82) is 0 Å². The van der Waals surface area contributed by atoms with E-state index in [1.807, 2.05) is 18.2 Å². The Morgan fingerprint density at radius 3 is 2.73 bits per heavy atom. The Bertz CT molecular complexity index is 1210. The van der Waals surface area contributed by atoms with Gasteiger partial charge in [-0.2, -0.15) is 5.10 Å². The number of nitrogens with one attached hydrogen (secondary N) is 2. The Hall–Kier alpha value is -2.84. The second kappa shape index (κ2) is 6.15. The molecule has 0 atom stereocenters. The van der Waals surface area contributed by atoms with E-state index in [1.165, 1.54) is 17.1 Å². The van der Waals surface area contributed by atoms with Crippen LogP contribution in [0.4, 0.5) is 5.69 Å². The fourth-order valence-electron chi connectivity index (χ4n) is 2.61. The molecule has 0 unspecified atom stereocenters. The molecule has 2 aromatic carbocycles. The van der Waals surface area contributed by atoms with Crippen LogP contribution in [0.1, 0.15) is 0 Å². The molecule has 132 valence electrons. The molecule has 2 aromatic heterocycles. The molecule has 0 radical (unpaired) electrons. The number of benzene rings is 2. The highest BCUT2D eigenvalue weighted by Crippen LogP contribution is 2.28. The first kappa shape index (κ1) is 16.6. The van der Waals surface area contributed by atoms with Gasteiger partial charge in [-0.3, -0.25) is 9.40 Å². The highest BCUT2D eigenvalue weighted by molar-refractivity contribution is 7.92. The summed E-state index contributed by atoms with van der Waals surface area (Å²) >= 11 is 6.21. The SMILES string of the molecule is Cn1cc(S(=O)(=O)Nc2ccc3nc(-c4ccccc4Cl)[nH]c3c2)cn1. The topological polar surface area (TPSA) is 92.7 Å². The normalized spacial score (nSPS) is 11.8. The smallest absolute Gasteiger partial charge is 0.265 e. The van der Waals surface area contributed by atoms with Crippen molar-refractivity contribution in [1.82, 2.24) is 19.7 Å². The van der Waals surface area contributed by atoms with Gasteiger partial charge in [0.2, 0.25) is 0 Å². The summed E-state index contributed by atoms with van der Waals surface area (Å²) in [5.41, 5.74) is 2.62. The molecule has 4 rings (SSSR count). The first-order valence-electron chi connectivity index (χ1n) is 7.68. The minimum absolute atomic E-state index is 0.0986. The van der Waals surface area contributed by atoms with Crippen LogP contribution in [0.15, 0.2) is 59.8 Å². The van der Waals surface area contributed by atoms with E-state index in [9.17, 15) is 8.42 Å². The molecule has 0 aliphatic rings. The molecule has 0 amide bonds. The van der Waals surface area contributed by atoms with Crippen molar-refractivity contribution in [3.8, 4) is 11.4 Å². The highest BCUT2D eigenvalue weighted by Gasteiger charge is 2.17. The molecule has 9 heteroatoms. The number of rotatable bonds is 4. The fourth-order valence-corrected chi connectivity index (χ4v) is 3.86. The van der Waals surface area contributed by atoms with Crippen LogP contribution in [-0.4, -0.2) is 28.2 Å². The zero-order chi connectivity index (χ0) is 18.3. The number of hydrogen-bond acceptors (Lipinski definition) is 4. The third-order valence-corrected chi connectivity index (χ3v) is 5.52. The van der Waals surface area contributed by atoms with E-state index in [1.54, 1.807) is 31.3 Å². The van der Waals surface area contributed by atoms with Crippen molar-refractivity contribution in [3.63, 3.8) is 0 Å². The van der Waals surface area contributed by atoms with Crippen LogP contribution < -0.4 is 4.72 Å². The minimum Gasteiger partial charge on any atom is -0.338 e. The van der Waals surface area contributed by atoms with Crippen molar-refractivity contribution in [3.05, 3.63) is 59.9 Å². The Morgan fingerprint density at radius 2 is 2.00 bits per heavy atom. The molecule has 0 saturated carbocycles. The second-order valence-corrected chi connectivity index (χ2v) is 7.84. The first-order valence-corrected chi connectivity index (χ1v) is 9.55. The maximum atomic E-state index is 12.4. The van der Waals surface area contributed by atoms with Crippen LogP contribution in [0, 0.1) is 0 Å². The largest absolute Gasteiger partial charge is 0.338 e. The maximum absolute atomic E-state index is 12.4. The van der Waals surface area contributed by atoms with Gasteiger partial charge in [0.15, 0.2) is 0 Å². The zero-order valence-corrected chi connectivity index (χ0v) is 15.2. The van der Waals surface area contributed by atoms with Crippen LogP contribution in [0.25, 0.3) is 22.4 Å². The number of H-pyrrole nitrogens is 1. The standard InChI is InChI=1S/C17H14ClN5O2S/c1-23-10-12(9-19-23)26(24,25)22-11-6-7-15-16(8-11)21-17(20-15)13-4-2-3-5-14(13)18/h2-10,22H,1H3,(H,20,21). The summed E-state index contributed by atoms with van der Waals surface area (Å²) < 4.78 is 28.8. The number of nitrogens with zero attached hydrogens (tertiary/aromatic N) is 3. The van der Waals surface area contributed by atoms with Gasteiger partial charge in [0, 0.05) is 18.8 Å². The number of sulfonamides is 1. The molecule has 2 heterocycles. The van der Waals surface area contributed by atoms with Crippen molar-refractivity contribution in [2.45, 2.75) is 4.90 Å². The Labute approximate surface area is 154 Å². The number of halogens is 1. The lowest BCUT2D eigenvalue weighted by molar-refractivity contribution is 0.601. The average molecular weight is 388 g/mol. The number of aromatic amines is 1. The van der Waals surface area contributed by atoms with Crippen LogP contribution in [0.5, 0.6) is 0 Å². The van der Waals surface area contributed by atoms with Gasteiger partial charge in [0.1, 0.15) is 10.7 Å². The van der Waals surface area contributed by atoms with Crippen LogP contribution in [0.3, 0.4) is 0 Å². The highest BCUT2D eigenvalue weighted by atomic mass is 35.5. The van der Waals surface area contributed by atoms with Gasteiger partial charge in [-0.05, 0) is 30.3 Å². The third-order valence-electron chi connectivity index (χ3n) is 3.85. The van der Waals surface area contributed by atoms with Gasteiger partial charge in [-0.25, -0.2) is 13.4 Å². The summed E-state index contributed by atoms with van der Waals surface area (Å²) in [5.74, 6) is 0.623. The minimum atomic E-state index is -3.70. The lowest BCUT2D eigenvalue weighted by atomic mass is 10.2. The molecule has 0 aliphatic carbocycles. The summed E-state index contributed by atoms with van der Waals surface area (Å²) in [4.78, 5) is 7.79. The van der Waals surface area contributed by atoms with E-state index in [4.69, 9.17) is 11.6 Å². The first-order chi connectivity index (χ1) is 12.4. The molecule has 0 fully saturated rings.